The highest BCUT2D eigenvalue weighted by Crippen LogP contribution is 2.23. The van der Waals surface area contributed by atoms with Crippen LogP contribution >= 0.6 is 23.2 Å². The summed E-state index contributed by atoms with van der Waals surface area (Å²) in [5.74, 6) is -0.436. The number of carbonyl (C=O) groups is 1. The number of ether oxygens (including phenoxy) is 1. The molecule has 0 aliphatic heterocycles. The molecule has 0 atom stereocenters. The Morgan fingerprint density at radius 3 is 2.65 bits per heavy atom. The van der Waals surface area contributed by atoms with Crippen molar-refractivity contribution in [2.45, 2.75) is 6.54 Å². The number of halogens is 2. The Morgan fingerprint density at radius 2 is 1.95 bits per heavy atom. The molecular weight excluding hydrogens is 297 g/mol. The van der Waals surface area contributed by atoms with E-state index in [-0.39, 0.29) is 0 Å². The first-order valence-corrected chi connectivity index (χ1v) is 6.72. The summed E-state index contributed by atoms with van der Waals surface area (Å²) in [6.07, 6.45) is 0. The highest BCUT2D eigenvalue weighted by molar-refractivity contribution is 6.31. The Balaban J connectivity index is 2.21. The van der Waals surface area contributed by atoms with E-state index in [1.807, 2.05) is 24.3 Å². The number of esters is 1. The summed E-state index contributed by atoms with van der Waals surface area (Å²) < 4.78 is 4.74. The van der Waals surface area contributed by atoms with Crippen molar-refractivity contribution in [3.8, 4) is 0 Å². The van der Waals surface area contributed by atoms with E-state index in [4.69, 9.17) is 27.9 Å². The van der Waals surface area contributed by atoms with Gasteiger partial charge in [-0.05, 0) is 29.8 Å². The number of methoxy groups -OCH3 is 1. The summed E-state index contributed by atoms with van der Waals surface area (Å²) in [6, 6.07) is 12.5. The topological polar surface area (TPSA) is 38.3 Å². The molecule has 0 saturated heterocycles. The van der Waals surface area contributed by atoms with Crippen molar-refractivity contribution in [1.29, 1.82) is 0 Å². The average Bonchev–Trinajstić information content (AvgIpc) is 2.46. The Morgan fingerprint density at radius 1 is 1.20 bits per heavy atom. The van der Waals surface area contributed by atoms with Crippen molar-refractivity contribution in [2.24, 2.45) is 0 Å². The minimum Gasteiger partial charge on any atom is -0.465 e. The van der Waals surface area contributed by atoms with Crippen LogP contribution in [0.1, 0.15) is 15.9 Å². The van der Waals surface area contributed by atoms with Crippen LogP contribution in [0.5, 0.6) is 0 Å². The first kappa shape index (κ1) is 14.7. The number of hydrogen-bond donors (Lipinski definition) is 1. The molecule has 20 heavy (non-hydrogen) atoms. The van der Waals surface area contributed by atoms with Crippen LogP contribution in [-0.2, 0) is 11.3 Å². The largest absolute Gasteiger partial charge is 0.465 e. The van der Waals surface area contributed by atoms with Gasteiger partial charge in [0, 0.05) is 22.3 Å². The number of benzene rings is 2. The third-order valence-corrected chi connectivity index (χ3v) is 3.42. The van der Waals surface area contributed by atoms with Gasteiger partial charge in [0.15, 0.2) is 0 Å². The minimum atomic E-state index is -0.436. The lowest BCUT2D eigenvalue weighted by Gasteiger charge is -2.12. The standard InChI is InChI=1S/C15H13Cl2NO2/c1-20-15(19)12-8-11(16)6-7-14(12)18-9-10-4-2-3-5-13(10)17/h2-8,18H,9H2,1H3. The molecular formula is C15H13Cl2NO2. The molecule has 0 aliphatic rings. The van der Waals surface area contributed by atoms with E-state index < -0.39 is 5.97 Å². The molecule has 0 amide bonds. The lowest BCUT2D eigenvalue weighted by molar-refractivity contribution is 0.0602. The number of carbonyl (C=O) groups excluding carboxylic acids is 1. The molecule has 2 rings (SSSR count). The van der Waals surface area contributed by atoms with Crippen molar-refractivity contribution >= 4 is 34.9 Å². The number of hydrogen-bond acceptors (Lipinski definition) is 3. The second-order valence-electron chi connectivity index (χ2n) is 4.13. The van der Waals surface area contributed by atoms with Gasteiger partial charge >= 0.3 is 5.97 Å². The van der Waals surface area contributed by atoms with Crippen molar-refractivity contribution in [1.82, 2.24) is 0 Å². The molecule has 0 bridgehead atoms. The van der Waals surface area contributed by atoms with E-state index in [2.05, 4.69) is 5.32 Å². The number of nitrogens with one attached hydrogen (secondary N) is 1. The molecule has 0 aromatic heterocycles. The van der Waals surface area contributed by atoms with Gasteiger partial charge in [-0.3, -0.25) is 0 Å². The zero-order chi connectivity index (χ0) is 14.5. The molecule has 2 aromatic carbocycles. The Labute approximate surface area is 127 Å². The molecule has 0 saturated carbocycles. The minimum absolute atomic E-state index is 0.395. The van der Waals surface area contributed by atoms with Crippen LogP contribution in [0.15, 0.2) is 42.5 Å². The quantitative estimate of drug-likeness (QED) is 0.851. The average molecular weight is 310 g/mol. The zero-order valence-corrected chi connectivity index (χ0v) is 12.3. The third kappa shape index (κ3) is 3.44. The van der Waals surface area contributed by atoms with Gasteiger partial charge in [-0.25, -0.2) is 4.79 Å². The van der Waals surface area contributed by atoms with Gasteiger partial charge in [0.1, 0.15) is 0 Å². The fourth-order valence-electron chi connectivity index (χ4n) is 1.78. The van der Waals surface area contributed by atoms with Crippen LogP contribution in [0.3, 0.4) is 0 Å². The van der Waals surface area contributed by atoms with Gasteiger partial charge in [0.2, 0.25) is 0 Å². The molecule has 2 aromatic rings. The highest BCUT2D eigenvalue weighted by Gasteiger charge is 2.12. The first-order valence-electron chi connectivity index (χ1n) is 5.97. The summed E-state index contributed by atoms with van der Waals surface area (Å²) in [7, 11) is 1.33. The molecule has 104 valence electrons. The Hall–Kier alpha value is -1.71. The summed E-state index contributed by atoms with van der Waals surface area (Å²) in [5, 5.41) is 4.32. The van der Waals surface area contributed by atoms with Crippen LogP contribution in [0.25, 0.3) is 0 Å². The monoisotopic (exact) mass is 309 g/mol. The van der Waals surface area contributed by atoms with Crippen LogP contribution in [0.4, 0.5) is 5.69 Å². The normalized spacial score (nSPS) is 10.2. The van der Waals surface area contributed by atoms with Crippen LogP contribution < -0.4 is 5.32 Å². The van der Waals surface area contributed by atoms with Gasteiger partial charge in [0.05, 0.1) is 12.7 Å². The Bertz CT molecular complexity index is 629. The van der Waals surface area contributed by atoms with Crippen molar-refractivity contribution in [2.75, 3.05) is 12.4 Å². The number of rotatable bonds is 4. The molecule has 3 nitrogen and oxygen atoms in total. The fraction of sp³-hybridized carbons (Fsp3) is 0.133. The fourth-order valence-corrected chi connectivity index (χ4v) is 2.16. The van der Waals surface area contributed by atoms with E-state index in [0.29, 0.717) is 27.8 Å². The highest BCUT2D eigenvalue weighted by atomic mass is 35.5. The summed E-state index contributed by atoms with van der Waals surface area (Å²) in [5.41, 5.74) is 1.99. The lowest BCUT2D eigenvalue weighted by atomic mass is 10.1. The van der Waals surface area contributed by atoms with E-state index in [1.54, 1.807) is 18.2 Å². The second kappa shape index (κ2) is 6.64. The SMILES string of the molecule is COC(=O)c1cc(Cl)ccc1NCc1ccccc1Cl. The smallest absolute Gasteiger partial charge is 0.340 e. The summed E-state index contributed by atoms with van der Waals surface area (Å²) in [6.45, 7) is 0.505. The second-order valence-corrected chi connectivity index (χ2v) is 4.97. The molecule has 0 aliphatic carbocycles. The number of anilines is 1. The summed E-state index contributed by atoms with van der Waals surface area (Å²) >= 11 is 12.0. The van der Waals surface area contributed by atoms with E-state index in [1.165, 1.54) is 7.11 Å². The van der Waals surface area contributed by atoms with Gasteiger partial charge in [0.25, 0.3) is 0 Å². The summed E-state index contributed by atoms with van der Waals surface area (Å²) in [4.78, 5) is 11.7. The molecule has 5 heteroatoms. The molecule has 0 unspecified atom stereocenters. The van der Waals surface area contributed by atoms with Gasteiger partial charge in [-0.1, -0.05) is 41.4 Å². The maximum Gasteiger partial charge on any atom is 0.340 e. The maximum atomic E-state index is 11.7. The Kier molecular flexibility index (Phi) is 4.88. The van der Waals surface area contributed by atoms with E-state index >= 15 is 0 Å². The van der Waals surface area contributed by atoms with Crippen LogP contribution in [-0.4, -0.2) is 13.1 Å². The first-order chi connectivity index (χ1) is 9.61. The van der Waals surface area contributed by atoms with Gasteiger partial charge in [-0.2, -0.15) is 0 Å². The van der Waals surface area contributed by atoms with Crippen molar-refractivity contribution in [3.63, 3.8) is 0 Å². The van der Waals surface area contributed by atoms with E-state index in [0.717, 1.165) is 5.56 Å². The van der Waals surface area contributed by atoms with Crippen LogP contribution in [0, 0.1) is 0 Å². The molecule has 0 spiro atoms. The van der Waals surface area contributed by atoms with Crippen LogP contribution in [0.2, 0.25) is 10.0 Å². The molecule has 0 heterocycles. The van der Waals surface area contributed by atoms with Crippen molar-refractivity contribution < 1.29 is 9.53 Å². The lowest BCUT2D eigenvalue weighted by Crippen LogP contribution is -2.08. The maximum absolute atomic E-state index is 11.7. The van der Waals surface area contributed by atoms with Gasteiger partial charge < -0.3 is 10.1 Å². The predicted molar refractivity (Wildman–Crippen MR) is 81.6 cm³/mol. The predicted octanol–water partition coefficient (Wildman–Crippen LogP) is 4.39. The molecule has 0 radical (unpaired) electrons. The third-order valence-electron chi connectivity index (χ3n) is 2.81. The molecule has 0 fully saturated rings. The van der Waals surface area contributed by atoms with Crippen molar-refractivity contribution in [3.05, 3.63) is 63.6 Å². The van der Waals surface area contributed by atoms with E-state index in [9.17, 15) is 4.79 Å². The van der Waals surface area contributed by atoms with Gasteiger partial charge in [-0.15, -0.1) is 0 Å². The zero-order valence-electron chi connectivity index (χ0n) is 10.8. The molecule has 1 N–H and O–H groups in total.